The summed E-state index contributed by atoms with van der Waals surface area (Å²) in [5.41, 5.74) is 4.25. The molecule has 5 nitrogen and oxygen atoms in total. The topological polar surface area (TPSA) is 49.8 Å². The monoisotopic (exact) mass is 585 g/mol. The normalized spacial score (nSPS) is 14.0. The summed E-state index contributed by atoms with van der Waals surface area (Å²) in [6, 6.07) is 29.6. The van der Waals surface area contributed by atoms with Crippen molar-refractivity contribution in [1.29, 1.82) is 0 Å². The first-order chi connectivity index (χ1) is 21.6. The molecule has 5 heteroatoms. The Kier molecular flexibility index (Phi) is 8.83. The molecule has 1 aliphatic rings. The number of methoxy groups -OCH3 is 4. The van der Waals surface area contributed by atoms with Crippen LogP contribution in [0.2, 0.25) is 0 Å². The van der Waals surface area contributed by atoms with Gasteiger partial charge in [-0.3, -0.25) is 4.98 Å². The first kappa shape index (κ1) is 29.3. The molecule has 1 aromatic heterocycles. The summed E-state index contributed by atoms with van der Waals surface area (Å²) in [6.45, 7) is 0. The Morgan fingerprint density at radius 2 is 1.45 bits per heavy atom. The lowest BCUT2D eigenvalue weighted by Gasteiger charge is -2.27. The fourth-order valence-corrected chi connectivity index (χ4v) is 6.67. The molecule has 224 valence electrons. The summed E-state index contributed by atoms with van der Waals surface area (Å²) in [7, 11) is 6.83. The van der Waals surface area contributed by atoms with Crippen molar-refractivity contribution in [3.05, 3.63) is 114 Å². The van der Waals surface area contributed by atoms with E-state index >= 15 is 0 Å². The second kappa shape index (κ2) is 13.3. The van der Waals surface area contributed by atoms with Gasteiger partial charge in [-0.15, -0.1) is 0 Å². The van der Waals surface area contributed by atoms with Crippen molar-refractivity contribution in [2.45, 2.75) is 38.0 Å². The van der Waals surface area contributed by atoms with E-state index in [1.807, 2.05) is 42.7 Å². The number of hydrogen-bond donors (Lipinski definition) is 0. The number of rotatable bonds is 7. The van der Waals surface area contributed by atoms with Gasteiger partial charge in [0.15, 0.2) is 11.5 Å². The Balaban J connectivity index is 0.000000289. The van der Waals surface area contributed by atoms with E-state index in [9.17, 15) is 0 Å². The molecule has 0 radical (unpaired) electrons. The molecule has 7 rings (SSSR count). The third-order valence-corrected chi connectivity index (χ3v) is 8.87. The Hall–Kier alpha value is -4.77. The van der Waals surface area contributed by atoms with Gasteiger partial charge in [-0.05, 0) is 112 Å². The lowest BCUT2D eigenvalue weighted by Crippen LogP contribution is -2.11. The Labute approximate surface area is 259 Å². The van der Waals surface area contributed by atoms with Crippen LogP contribution in [0.3, 0.4) is 0 Å². The van der Waals surface area contributed by atoms with Gasteiger partial charge in [-0.25, -0.2) is 0 Å². The molecule has 0 saturated carbocycles. The van der Waals surface area contributed by atoms with E-state index in [4.69, 9.17) is 18.9 Å². The summed E-state index contributed by atoms with van der Waals surface area (Å²) in [6.07, 6.45) is 9.36. The molecular formula is C39H39NO4. The number of nitrogens with zero attached hydrogens (tertiary/aromatic N) is 1. The highest BCUT2D eigenvalue weighted by Gasteiger charge is 2.24. The molecule has 5 aromatic carbocycles. The molecule has 0 saturated heterocycles. The fourth-order valence-electron chi connectivity index (χ4n) is 6.67. The number of ether oxygens (including phenoxy) is 4. The predicted octanol–water partition coefficient (Wildman–Crippen LogP) is 9.31. The molecule has 0 N–H and O–H groups in total. The number of pyridine rings is 1. The Morgan fingerprint density at radius 1 is 0.659 bits per heavy atom. The van der Waals surface area contributed by atoms with Gasteiger partial charge in [0.1, 0.15) is 11.5 Å². The zero-order valence-electron chi connectivity index (χ0n) is 25.9. The lowest BCUT2D eigenvalue weighted by atomic mass is 9.77. The van der Waals surface area contributed by atoms with Crippen molar-refractivity contribution >= 4 is 32.3 Å². The van der Waals surface area contributed by atoms with Crippen LogP contribution in [0.15, 0.2) is 97.3 Å². The SMILES string of the molecule is COc1ccc(CCC2CCCc3c2ccc2c3cc(OC)c3c(OC)cccc32)cc1OC.c1ccc2cnccc2c1. The molecule has 1 heterocycles. The van der Waals surface area contributed by atoms with Crippen LogP contribution >= 0.6 is 0 Å². The highest BCUT2D eigenvalue weighted by molar-refractivity contribution is 6.13. The van der Waals surface area contributed by atoms with Crippen LogP contribution in [0.4, 0.5) is 0 Å². The van der Waals surface area contributed by atoms with Gasteiger partial charge in [0.05, 0.1) is 33.8 Å². The van der Waals surface area contributed by atoms with Gasteiger partial charge in [-0.2, -0.15) is 0 Å². The third kappa shape index (κ3) is 5.74. The second-order valence-corrected chi connectivity index (χ2v) is 11.2. The average Bonchev–Trinajstić information content (AvgIpc) is 3.09. The minimum atomic E-state index is 0.549. The fraction of sp³-hybridized carbons (Fsp3) is 0.256. The van der Waals surface area contributed by atoms with E-state index in [1.54, 1.807) is 28.4 Å². The molecule has 1 unspecified atom stereocenters. The number of benzene rings is 5. The molecule has 1 atom stereocenters. The molecule has 0 fully saturated rings. The molecule has 1 aliphatic carbocycles. The van der Waals surface area contributed by atoms with E-state index < -0.39 is 0 Å². The summed E-state index contributed by atoms with van der Waals surface area (Å²) in [5.74, 6) is 3.85. The van der Waals surface area contributed by atoms with Crippen molar-refractivity contribution in [1.82, 2.24) is 4.98 Å². The maximum absolute atomic E-state index is 5.84. The minimum Gasteiger partial charge on any atom is -0.496 e. The van der Waals surface area contributed by atoms with Crippen LogP contribution in [0, 0.1) is 0 Å². The lowest BCUT2D eigenvalue weighted by molar-refractivity contribution is 0.354. The van der Waals surface area contributed by atoms with E-state index in [0.29, 0.717) is 5.92 Å². The van der Waals surface area contributed by atoms with Crippen LogP contribution in [-0.2, 0) is 12.8 Å². The highest BCUT2D eigenvalue weighted by Crippen LogP contribution is 2.44. The average molecular weight is 586 g/mol. The molecule has 0 bridgehead atoms. The summed E-state index contributed by atoms with van der Waals surface area (Å²) in [4.78, 5) is 4.01. The summed E-state index contributed by atoms with van der Waals surface area (Å²) in [5, 5.41) is 7.26. The van der Waals surface area contributed by atoms with Gasteiger partial charge in [0, 0.05) is 12.4 Å². The summed E-state index contributed by atoms with van der Waals surface area (Å²) < 4.78 is 22.4. The minimum absolute atomic E-state index is 0.549. The van der Waals surface area contributed by atoms with E-state index in [1.165, 1.54) is 56.5 Å². The van der Waals surface area contributed by atoms with E-state index in [-0.39, 0.29) is 0 Å². The van der Waals surface area contributed by atoms with Gasteiger partial charge < -0.3 is 18.9 Å². The van der Waals surface area contributed by atoms with Gasteiger partial charge in [-0.1, -0.05) is 54.6 Å². The van der Waals surface area contributed by atoms with Crippen molar-refractivity contribution < 1.29 is 18.9 Å². The number of fused-ring (bicyclic) bond motifs is 6. The smallest absolute Gasteiger partial charge is 0.160 e. The van der Waals surface area contributed by atoms with Crippen LogP contribution in [-0.4, -0.2) is 33.4 Å². The first-order valence-corrected chi connectivity index (χ1v) is 15.2. The second-order valence-electron chi connectivity index (χ2n) is 11.2. The highest BCUT2D eigenvalue weighted by atomic mass is 16.5. The third-order valence-electron chi connectivity index (χ3n) is 8.87. The van der Waals surface area contributed by atoms with Gasteiger partial charge in [0.2, 0.25) is 0 Å². The Morgan fingerprint density at radius 3 is 2.23 bits per heavy atom. The maximum Gasteiger partial charge on any atom is 0.160 e. The molecule has 0 amide bonds. The number of aromatic nitrogens is 1. The standard InChI is InChI=1S/C30H32O4.C9H7N/c1-31-26-16-12-19(17-28(26)33-3)11-13-20-7-5-8-22-21(20)14-15-23-24-9-6-10-27(32-2)30(24)29(34-4)18-25(22)23;1-2-4-9-7-10-6-5-8(9)3-1/h6,9-10,12,14-18,20H,5,7-8,11,13H2,1-4H3;1-7H. The number of hydrogen-bond acceptors (Lipinski definition) is 5. The molecule has 0 spiro atoms. The van der Waals surface area contributed by atoms with Crippen molar-refractivity contribution in [2.75, 3.05) is 28.4 Å². The maximum atomic E-state index is 5.84. The zero-order chi connectivity index (χ0) is 30.5. The molecular weight excluding hydrogens is 546 g/mol. The predicted molar refractivity (Wildman–Crippen MR) is 180 cm³/mol. The quantitative estimate of drug-likeness (QED) is 0.175. The first-order valence-electron chi connectivity index (χ1n) is 15.2. The van der Waals surface area contributed by atoms with Crippen LogP contribution in [0.1, 0.15) is 41.9 Å². The van der Waals surface area contributed by atoms with Gasteiger partial charge >= 0.3 is 0 Å². The van der Waals surface area contributed by atoms with Crippen LogP contribution in [0.5, 0.6) is 23.0 Å². The van der Waals surface area contributed by atoms with Gasteiger partial charge in [0.25, 0.3) is 0 Å². The summed E-state index contributed by atoms with van der Waals surface area (Å²) >= 11 is 0. The largest absolute Gasteiger partial charge is 0.496 e. The molecule has 0 aliphatic heterocycles. The Bertz CT molecular complexity index is 1850. The molecule has 44 heavy (non-hydrogen) atoms. The number of aryl methyl sites for hydroxylation is 2. The van der Waals surface area contributed by atoms with Crippen molar-refractivity contribution in [3.8, 4) is 23.0 Å². The van der Waals surface area contributed by atoms with Crippen LogP contribution in [0.25, 0.3) is 32.3 Å². The zero-order valence-corrected chi connectivity index (χ0v) is 25.9. The van der Waals surface area contributed by atoms with Crippen molar-refractivity contribution in [3.63, 3.8) is 0 Å². The van der Waals surface area contributed by atoms with E-state index in [0.717, 1.165) is 47.6 Å². The van der Waals surface area contributed by atoms with Crippen molar-refractivity contribution in [2.24, 2.45) is 0 Å². The van der Waals surface area contributed by atoms with E-state index in [2.05, 4.69) is 59.6 Å². The molecule has 6 aromatic rings. The van der Waals surface area contributed by atoms with Crippen LogP contribution < -0.4 is 18.9 Å².